The summed E-state index contributed by atoms with van der Waals surface area (Å²) in [6.45, 7) is -0.278. The predicted octanol–water partition coefficient (Wildman–Crippen LogP) is 7.30. The maximum atomic E-state index is 14.6. The standard InChI is InChI=1S/C26H16Cl2F3N3O3/c1-36-17-9-10-20-18(12-17)21(22(35)25-33-32-24(37-25)14-5-3-2-4-6-14)23(26(29,30)31)34(20)13-15-7-8-16(27)11-19(15)28/h2-12H,13H2,1H3. The lowest BCUT2D eigenvalue weighted by Crippen LogP contribution is -2.19. The summed E-state index contributed by atoms with van der Waals surface area (Å²) in [5.74, 6) is -1.36. The molecule has 0 aliphatic carbocycles. The molecular weight excluding hydrogens is 530 g/mol. The van der Waals surface area contributed by atoms with Gasteiger partial charge in [-0.15, -0.1) is 10.2 Å². The van der Waals surface area contributed by atoms with E-state index in [-0.39, 0.29) is 34.1 Å². The van der Waals surface area contributed by atoms with Crippen molar-refractivity contribution in [2.45, 2.75) is 12.7 Å². The molecule has 0 aliphatic rings. The zero-order valence-electron chi connectivity index (χ0n) is 19.0. The van der Waals surface area contributed by atoms with Crippen molar-refractivity contribution < 1.29 is 27.1 Å². The molecule has 6 nitrogen and oxygen atoms in total. The summed E-state index contributed by atoms with van der Waals surface area (Å²) in [7, 11) is 1.38. The van der Waals surface area contributed by atoms with E-state index in [2.05, 4.69) is 10.2 Å². The largest absolute Gasteiger partial charge is 0.497 e. The maximum absolute atomic E-state index is 14.6. The smallest absolute Gasteiger partial charge is 0.432 e. The number of carbonyl (C=O) groups excluding carboxylic acids is 1. The summed E-state index contributed by atoms with van der Waals surface area (Å²) in [6, 6.07) is 17.4. The van der Waals surface area contributed by atoms with Gasteiger partial charge in [-0.2, -0.15) is 13.2 Å². The van der Waals surface area contributed by atoms with Gasteiger partial charge in [-0.3, -0.25) is 4.79 Å². The van der Waals surface area contributed by atoms with E-state index < -0.39 is 29.1 Å². The van der Waals surface area contributed by atoms with E-state index in [0.29, 0.717) is 16.1 Å². The minimum atomic E-state index is -4.92. The van der Waals surface area contributed by atoms with Crippen molar-refractivity contribution in [1.82, 2.24) is 14.8 Å². The average Bonchev–Trinajstić information content (AvgIpc) is 3.49. The second-order valence-corrected chi connectivity index (χ2v) is 8.88. The van der Waals surface area contributed by atoms with Crippen molar-refractivity contribution in [1.29, 1.82) is 0 Å². The Hall–Kier alpha value is -3.82. The van der Waals surface area contributed by atoms with Crippen molar-refractivity contribution in [3.8, 4) is 17.2 Å². The van der Waals surface area contributed by atoms with Crippen molar-refractivity contribution in [2.75, 3.05) is 7.11 Å². The minimum Gasteiger partial charge on any atom is -0.497 e. The van der Waals surface area contributed by atoms with Crippen LogP contribution < -0.4 is 4.74 Å². The number of hydrogen-bond acceptors (Lipinski definition) is 5. The zero-order valence-corrected chi connectivity index (χ0v) is 20.5. The van der Waals surface area contributed by atoms with Gasteiger partial charge in [-0.05, 0) is 48.0 Å². The summed E-state index contributed by atoms with van der Waals surface area (Å²) >= 11 is 12.2. The van der Waals surface area contributed by atoms with Gasteiger partial charge in [-0.1, -0.05) is 47.5 Å². The van der Waals surface area contributed by atoms with E-state index in [1.165, 1.54) is 43.5 Å². The maximum Gasteiger partial charge on any atom is 0.432 e. The third-order valence-corrected chi connectivity index (χ3v) is 6.34. The number of aromatic nitrogens is 3. The van der Waals surface area contributed by atoms with E-state index in [1.54, 1.807) is 30.3 Å². The van der Waals surface area contributed by atoms with Crippen molar-refractivity contribution in [3.05, 3.63) is 99.5 Å². The molecular formula is C26H16Cl2F3N3O3. The van der Waals surface area contributed by atoms with Gasteiger partial charge in [0.1, 0.15) is 11.4 Å². The number of fused-ring (bicyclic) bond motifs is 1. The van der Waals surface area contributed by atoms with Crippen LogP contribution in [0.5, 0.6) is 5.75 Å². The number of hydrogen-bond donors (Lipinski definition) is 0. The van der Waals surface area contributed by atoms with E-state index in [4.69, 9.17) is 32.4 Å². The van der Waals surface area contributed by atoms with Gasteiger partial charge in [-0.25, -0.2) is 0 Å². The molecule has 188 valence electrons. The topological polar surface area (TPSA) is 70.2 Å². The van der Waals surface area contributed by atoms with Crippen LogP contribution in [0.4, 0.5) is 13.2 Å². The lowest BCUT2D eigenvalue weighted by molar-refractivity contribution is -0.143. The van der Waals surface area contributed by atoms with E-state index >= 15 is 0 Å². The van der Waals surface area contributed by atoms with Crippen LogP contribution >= 0.6 is 23.2 Å². The molecule has 37 heavy (non-hydrogen) atoms. The molecule has 0 fully saturated rings. The highest BCUT2D eigenvalue weighted by molar-refractivity contribution is 6.35. The number of methoxy groups -OCH3 is 1. The fourth-order valence-corrected chi connectivity index (χ4v) is 4.56. The Morgan fingerprint density at radius 3 is 2.46 bits per heavy atom. The van der Waals surface area contributed by atoms with Gasteiger partial charge in [0.05, 0.1) is 12.7 Å². The van der Waals surface area contributed by atoms with Gasteiger partial charge in [0.25, 0.3) is 11.7 Å². The molecule has 0 radical (unpaired) electrons. The van der Waals surface area contributed by atoms with Crippen molar-refractivity contribution >= 4 is 39.9 Å². The number of ketones is 1. The SMILES string of the molecule is COc1ccc2c(c1)c(C(=O)c1nnc(-c3ccccc3)o1)c(C(F)(F)F)n2Cc1ccc(Cl)cc1Cl. The van der Waals surface area contributed by atoms with Gasteiger partial charge in [0.15, 0.2) is 0 Å². The van der Waals surface area contributed by atoms with Crippen molar-refractivity contribution in [2.24, 2.45) is 0 Å². The molecule has 0 spiro atoms. The number of ether oxygens (including phenoxy) is 1. The van der Waals surface area contributed by atoms with Gasteiger partial charge in [0, 0.05) is 33.1 Å². The first kappa shape index (κ1) is 24.9. The molecule has 5 rings (SSSR count). The van der Waals surface area contributed by atoms with Crippen LogP contribution in [0.3, 0.4) is 0 Å². The average molecular weight is 546 g/mol. The molecule has 0 saturated carbocycles. The number of alkyl halides is 3. The zero-order chi connectivity index (χ0) is 26.3. The van der Waals surface area contributed by atoms with Crippen LogP contribution in [0.15, 0.2) is 71.1 Å². The normalized spacial score (nSPS) is 11.7. The first-order valence-electron chi connectivity index (χ1n) is 10.8. The molecule has 5 aromatic rings. The molecule has 2 aromatic heterocycles. The minimum absolute atomic E-state index is 0.00627. The highest BCUT2D eigenvalue weighted by atomic mass is 35.5. The monoisotopic (exact) mass is 545 g/mol. The Morgan fingerprint density at radius 1 is 1.03 bits per heavy atom. The highest BCUT2D eigenvalue weighted by Gasteiger charge is 2.42. The predicted molar refractivity (Wildman–Crippen MR) is 132 cm³/mol. The van der Waals surface area contributed by atoms with Crippen molar-refractivity contribution in [3.63, 3.8) is 0 Å². The fraction of sp³-hybridized carbons (Fsp3) is 0.115. The number of rotatable bonds is 6. The molecule has 0 aliphatic heterocycles. The lowest BCUT2D eigenvalue weighted by atomic mass is 10.1. The Bertz CT molecular complexity index is 1630. The Labute approximate surface area is 218 Å². The summed E-state index contributed by atoms with van der Waals surface area (Å²) in [6.07, 6.45) is -4.92. The quantitative estimate of drug-likeness (QED) is 0.209. The van der Waals surface area contributed by atoms with Gasteiger partial charge in [0.2, 0.25) is 5.89 Å². The third kappa shape index (κ3) is 4.68. The summed E-state index contributed by atoms with van der Waals surface area (Å²) in [5, 5.41) is 8.15. The van der Waals surface area contributed by atoms with E-state index in [1.807, 2.05) is 0 Å². The first-order valence-corrected chi connectivity index (χ1v) is 11.6. The molecule has 2 heterocycles. The second-order valence-electron chi connectivity index (χ2n) is 8.03. The lowest BCUT2D eigenvalue weighted by Gasteiger charge is -2.15. The molecule has 0 saturated heterocycles. The van der Waals surface area contributed by atoms with Gasteiger partial charge >= 0.3 is 6.18 Å². The number of halogens is 5. The van der Waals surface area contributed by atoms with Crippen LogP contribution in [0.2, 0.25) is 10.0 Å². The van der Waals surface area contributed by atoms with Gasteiger partial charge < -0.3 is 13.7 Å². The Morgan fingerprint density at radius 2 is 1.78 bits per heavy atom. The van der Waals surface area contributed by atoms with Crippen LogP contribution in [0.25, 0.3) is 22.4 Å². The molecule has 0 amide bonds. The molecule has 11 heteroatoms. The highest BCUT2D eigenvalue weighted by Crippen LogP contribution is 2.41. The number of benzene rings is 3. The Balaban J connectivity index is 1.73. The van der Waals surface area contributed by atoms with Crippen LogP contribution in [0, 0.1) is 0 Å². The van der Waals surface area contributed by atoms with E-state index in [9.17, 15) is 18.0 Å². The Kier molecular flexibility index (Phi) is 6.43. The van der Waals surface area contributed by atoms with Crippen LogP contribution in [0.1, 0.15) is 27.5 Å². The summed E-state index contributed by atoms with van der Waals surface area (Å²) in [4.78, 5) is 13.6. The van der Waals surface area contributed by atoms with Crippen LogP contribution in [-0.2, 0) is 12.7 Å². The molecule has 0 N–H and O–H groups in total. The first-order chi connectivity index (χ1) is 17.7. The third-order valence-electron chi connectivity index (χ3n) is 5.75. The molecule has 0 atom stereocenters. The number of nitrogens with zero attached hydrogens (tertiary/aromatic N) is 3. The summed E-state index contributed by atoms with van der Waals surface area (Å²) < 4.78 is 55.6. The second kappa shape index (κ2) is 9.57. The summed E-state index contributed by atoms with van der Waals surface area (Å²) in [5.41, 5.74) is -0.759. The molecule has 0 bridgehead atoms. The fourth-order valence-electron chi connectivity index (χ4n) is 4.09. The van der Waals surface area contributed by atoms with E-state index in [0.717, 1.165) is 4.57 Å². The molecule has 3 aromatic carbocycles. The van der Waals surface area contributed by atoms with Crippen LogP contribution in [-0.4, -0.2) is 27.7 Å². The molecule has 0 unspecified atom stereocenters. The number of carbonyl (C=O) groups is 1.